The maximum absolute atomic E-state index is 12.2. The van der Waals surface area contributed by atoms with Gasteiger partial charge in [-0.15, -0.1) is 0 Å². The number of anilines is 2. The lowest BCUT2D eigenvalue weighted by Gasteiger charge is -2.16. The van der Waals surface area contributed by atoms with Crippen LogP contribution in [0.3, 0.4) is 0 Å². The van der Waals surface area contributed by atoms with Crippen LogP contribution in [-0.4, -0.2) is 20.0 Å². The molecular formula is C15H16N2O. The summed E-state index contributed by atoms with van der Waals surface area (Å²) in [7, 11) is 3.85. The maximum atomic E-state index is 12.2. The summed E-state index contributed by atoms with van der Waals surface area (Å²) >= 11 is 0. The van der Waals surface area contributed by atoms with Crippen LogP contribution in [0.2, 0.25) is 0 Å². The molecule has 0 aromatic heterocycles. The largest absolute Gasteiger partial charge is 0.377 e. The molecule has 0 heterocycles. The van der Waals surface area contributed by atoms with Crippen molar-refractivity contribution < 1.29 is 4.79 Å². The smallest absolute Gasteiger partial charge is 0.257 e. The lowest BCUT2D eigenvalue weighted by molar-refractivity contribution is 0.102. The molecule has 2 aromatic rings. The number of carbonyl (C=O) groups is 1. The number of hydrogen-bond donors (Lipinski definition) is 1. The zero-order valence-corrected chi connectivity index (χ0v) is 10.6. The summed E-state index contributed by atoms with van der Waals surface area (Å²) in [6, 6.07) is 17.0. The highest BCUT2D eigenvalue weighted by Crippen LogP contribution is 2.19. The van der Waals surface area contributed by atoms with Gasteiger partial charge in [-0.05, 0) is 24.3 Å². The summed E-state index contributed by atoms with van der Waals surface area (Å²) in [5.74, 6) is -0.0921. The molecule has 92 valence electrons. The first kappa shape index (κ1) is 12.2. The molecule has 2 aromatic carbocycles. The molecular weight excluding hydrogens is 224 g/mol. The third-order valence-corrected chi connectivity index (χ3v) is 2.66. The molecule has 0 atom stereocenters. The Morgan fingerprint density at radius 2 is 1.56 bits per heavy atom. The Morgan fingerprint density at radius 1 is 0.944 bits per heavy atom. The minimum Gasteiger partial charge on any atom is -0.377 e. The second-order valence-corrected chi connectivity index (χ2v) is 4.23. The quantitative estimate of drug-likeness (QED) is 0.894. The molecule has 0 aliphatic heterocycles. The lowest BCUT2D eigenvalue weighted by Crippen LogP contribution is -2.18. The molecule has 1 amide bonds. The highest BCUT2D eigenvalue weighted by Gasteiger charge is 2.11. The molecule has 1 N–H and O–H groups in total. The van der Waals surface area contributed by atoms with Crippen LogP contribution in [-0.2, 0) is 0 Å². The molecule has 0 saturated carbocycles. The Kier molecular flexibility index (Phi) is 3.63. The van der Waals surface area contributed by atoms with Crippen LogP contribution in [0.15, 0.2) is 54.6 Å². The Balaban J connectivity index is 2.24. The van der Waals surface area contributed by atoms with Crippen LogP contribution in [0, 0.1) is 0 Å². The van der Waals surface area contributed by atoms with Gasteiger partial charge in [0.1, 0.15) is 0 Å². The van der Waals surface area contributed by atoms with Gasteiger partial charge in [-0.1, -0.05) is 30.3 Å². The monoisotopic (exact) mass is 240 g/mol. The van der Waals surface area contributed by atoms with Gasteiger partial charge in [0.2, 0.25) is 0 Å². The van der Waals surface area contributed by atoms with E-state index in [9.17, 15) is 4.79 Å². The number of carbonyl (C=O) groups excluding carboxylic acids is 1. The van der Waals surface area contributed by atoms with Crippen molar-refractivity contribution in [3.63, 3.8) is 0 Å². The Bertz CT molecular complexity index is 535. The maximum Gasteiger partial charge on any atom is 0.257 e. The molecule has 3 nitrogen and oxygen atoms in total. The first-order chi connectivity index (χ1) is 8.68. The van der Waals surface area contributed by atoms with E-state index < -0.39 is 0 Å². The van der Waals surface area contributed by atoms with E-state index in [4.69, 9.17) is 0 Å². The van der Waals surface area contributed by atoms with Crippen LogP contribution >= 0.6 is 0 Å². The summed E-state index contributed by atoms with van der Waals surface area (Å²) in [5, 5.41) is 2.89. The van der Waals surface area contributed by atoms with Crippen LogP contribution in [0.5, 0.6) is 0 Å². The number of hydrogen-bond acceptors (Lipinski definition) is 2. The second-order valence-electron chi connectivity index (χ2n) is 4.23. The van der Waals surface area contributed by atoms with Crippen molar-refractivity contribution in [2.75, 3.05) is 24.3 Å². The zero-order valence-electron chi connectivity index (χ0n) is 10.6. The van der Waals surface area contributed by atoms with Crippen molar-refractivity contribution in [2.24, 2.45) is 0 Å². The summed E-state index contributed by atoms with van der Waals surface area (Å²) in [4.78, 5) is 14.1. The molecule has 0 aliphatic carbocycles. The molecule has 18 heavy (non-hydrogen) atoms. The average Bonchev–Trinajstić information content (AvgIpc) is 2.40. The van der Waals surface area contributed by atoms with E-state index in [0.717, 1.165) is 11.4 Å². The van der Waals surface area contributed by atoms with Gasteiger partial charge in [0.25, 0.3) is 5.91 Å². The summed E-state index contributed by atoms with van der Waals surface area (Å²) in [6.07, 6.45) is 0. The molecule has 0 saturated heterocycles. The number of benzene rings is 2. The average molecular weight is 240 g/mol. The van der Waals surface area contributed by atoms with Crippen LogP contribution < -0.4 is 10.2 Å². The summed E-state index contributed by atoms with van der Waals surface area (Å²) < 4.78 is 0. The van der Waals surface area contributed by atoms with Gasteiger partial charge in [0.15, 0.2) is 0 Å². The predicted octanol–water partition coefficient (Wildman–Crippen LogP) is 3.00. The molecule has 0 aliphatic rings. The van der Waals surface area contributed by atoms with Gasteiger partial charge >= 0.3 is 0 Å². The first-order valence-electron chi connectivity index (χ1n) is 5.81. The summed E-state index contributed by atoms with van der Waals surface area (Å²) in [5.41, 5.74) is 2.38. The molecule has 0 unspecified atom stereocenters. The molecule has 2 rings (SSSR count). The third kappa shape index (κ3) is 2.69. The molecule has 0 bridgehead atoms. The Labute approximate surface area is 107 Å². The Morgan fingerprint density at radius 3 is 2.22 bits per heavy atom. The predicted molar refractivity (Wildman–Crippen MR) is 75.2 cm³/mol. The van der Waals surface area contributed by atoms with Gasteiger partial charge in [0, 0.05) is 25.5 Å². The fraction of sp³-hybridized carbons (Fsp3) is 0.133. The standard InChI is InChI=1S/C15H16N2O/c1-17(2)14-11-7-6-10-13(14)15(18)16-12-8-4-3-5-9-12/h3-11H,1-2H3,(H,16,18). The van der Waals surface area contributed by atoms with Crippen molar-refractivity contribution >= 4 is 17.3 Å². The topological polar surface area (TPSA) is 32.3 Å². The van der Waals surface area contributed by atoms with Crippen molar-refractivity contribution in [3.8, 4) is 0 Å². The van der Waals surface area contributed by atoms with Crippen molar-refractivity contribution in [1.82, 2.24) is 0 Å². The van der Waals surface area contributed by atoms with E-state index >= 15 is 0 Å². The van der Waals surface area contributed by atoms with Gasteiger partial charge in [-0.25, -0.2) is 0 Å². The van der Waals surface area contributed by atoms with Gasteiger partial charge in [-0.3, -0.25) is 4.79 Å². The van der Waals surface area contributed by atoms with E-state index in [1.54, 1.807) is 0 Å². The van der Waals surface area contributed by atoms with Gasteiger partial charge in [-0.2, -0.15) is 0 Å². The van der Waals surface area contributed by atoms with Crippen molar-refractivity contribution in [2.45, 2.75) is 0 Å². The van der Waals surface area contributed by atoms with Gasteiger partial charge in [0.05, 0.1) is 5.56 Å². The van der Waals surface area contributed by atoms with E-state index in [1.807, 2.05) is 73.6 Å². The number of para-hydroxylation sites is 2. The minimum absolute atomic E-state index is 0.0921. The molecule has 0 radical (unpaired) electrons. The van der Waals surface area contributed by atoms with Crippen LogP contribution in [0.25, 0.3) is 0 Å². The fourth-order valence-corrected chi connectivity index (χ4v) is 1.78. The van der Waals surface area contributed by atoms with Gasteiger partial charge < -0.3 is 10.2 Å². The number of amides is 1. The highest BCUT2D eigenvalue weighted by atomic mass is 16.1. The summed E-state index contributed by atoms with van der Waals surface area (Å²) in [6.45, 7) is 0. The SMILES string of the molecule is CN(C)c1ccccc1C(=O)Nc1ccccc1. The lowest BCUT2D eigenvalue weighted by atomic mass is 10.1. The van der Waals surface area contributed by atoms with E-state index in [1.165, 1.54) is 0 Å². The minimum atomic E-state index is -0.0921. The molecule has 0 spiro atoms. The van der Waals surface area contributed by atoms with Crippen LogP contribution in [0.4, 0.5) is 11.4 Å². The third-order valence-electron chi connectivity index (χ3n) is 2.66. The first-order valence-corrected chi connectivity index (χ1v) is 5.81. The van der Waals surface area contributed by atoms with E-state index in [0.29, 0.717) is 5.56 Å². The van der Waals surface area contributed by atoms with Crippen LogP contribution in [0.1, 0.15) is 10.4 Å². The van der Waals surface area contributed by atoms with E-state index in [2.05, 4.69) is 5.32 Å². The normalized spacial score (nSPS) is 9.89. The Hall–Kier alpha value is -2.29. The number of nitrogens with one attached hydrogen (secondary N) is 1. The number of rotatable bonds is 3. The fourth-order valence-electron chi connectivity index (χ4n) is 1.78. The molecule has 3 heteroatoms. The molecule has 0 fully saturated rings. The van der Waals surface area contributed by atoms with Crippen molar-refractivity contribution in [3.05, 3.63) is 60.2 Å². The van der Waals surface area contributed by atoms with E-state index in [-0.39, 0.29) is 5.91 Å². The zero-order chi connectivity index (χ0) is 13.0. The highest BCUT2D eigenvalue weighted by molar-refractivity contribution is 6.08. The van der Waals surface area contributed by atoms with Crippen molar-refractivity contribution in [1.29, 1.82) is 0 Å². The second kappa shape index (κ2) is 5.36. The number of nitrogens with zero attached hydrogens (tertiary/aromatic N) is 1.